The Labute approximate surface area is 115 Å². The van der Waals surface area contributed by atoms with Gasteiger partial charge in [-0.2, -0.15) is 11.8 Å². The minimum absolute atomic E-state index is 0.152. The van der Waals surface area contributed by atoms with Crippen LogP contribution in [0.3, 0.4) is 0 Å². The topological polar surface area (TPSA) is 49.3 Å². The molecule has 106 valence electrons. The van der Waals surface area contributed by atoms with Crippen molar-refractivity contribution < 1.29 is 9.90 Å². The number of aliphatic hydroxyl groups excluding tert-OH is 1. The Bertz CT molecular complexity index is 255. The van der Waals surface area contributed by atoms with Gasteiger partial charge in [0.15, 0.2) is 0 Å². The predicted molar refractivity (Wildman–Crippen MR) is 77.9 cm³/mol. The molecule has 1 amide bonds. The van der Waals surface area contributed by atoms with Gasteiger partial charge in [0.1, 0.15) is 0 Å². The van der Waals surface area contributed by atoms with E-state index in [-0.39, 0.29) is 22.8 Å². The lowest BCUT2D eigenvalue weighted by Crippen LogP contribution is -2.38. The van der Waals surface area contributed by atoms with Gasteiger partial charge in [-0.15, -0.1) is 0 Å². The van der Waals surface area contributed by atoms with E-state index in [0.29, 0.717) is 6.42 Å². The van der Waals surface area contributed by atoms with E-state index in [0.717, 1.165) is 37.9 Å². The molecule has 0 aliphatic heterocycles. The average Bonchev–Trinajstić information content (AvgIpc) is 2.26. The highest BCUT2D eigenvalue weighted by molar-refractivity contribution is 8.00. The Balaban J connectivity index is 2.07. The molecule has 1 aliphatic rings. The van der Waals surface area contributed by atoms with Crippen molar-refractivity contribution in [3.8, 4) is 0 Å². The van der Waals surface area contributed by atoms with E-state index in [4.69, 9.17) is 0 Å². The monoisotopic (exact) mass is 273 g/mol. The van der Waals surface area contributed by atoms with Crippen molar-refractivity contribution in [2.45, 2.75) is 76.2 Å². The smallest absolute Gasteiger partial charge is 0.220 e. The fourth-order valence-electron chi connectivity index (χ4n) is 2.13. The number of carbonyl (C=O) groups excluding carboxylic acids is 1. The summed E-state index contributed by atoms with van der Waals surface area (Å²) in [6, 6.07) is 0.288. The third-order valence-electron chi connectivity index (χ3n) is 3.15. The first-order valence-electron chi connectivity index (χ1n) is 6.98. The Morgan fingerprint density at radius 2 is 1.89 bits per heavy atom. The van der Waals surface area contributed by atoms with Gasteiger partial charge in [0, 0.05) is 17.2 Å². The van der Waals surface area contributed by atoms with E-state index in [1.54, 1.807) is 0 Å². The summed E-state index contributed by atoms with van der Waals surface area (Å²) >= 11 is 1.91. The molecule has 0 heterocycles. The molecule has 4 heteroatoms. The highest BCUT2D eigenvalue weighted by Crippen LogP contribution is 2.24. The highest BCUT2D eigenvalue weighted by Gasteiger charge is 2.20. The van der Waals surface area contributed by atoms with Gasteiger partial charge in [-0.1, -0.05) is 20.8 Å². The van der Waals surface area contributed by atoms with Gasteiger partial charge in [0.05, 0.1) is 6.10 Å². The van der Waals surface area contributed by atoms with Gasteiger partial charge in [-0.25, -0.2) is 0 Å². The van der Waals surface area contributed by atoms with Crippen LogP contribution in [-0.2, 0) is 4.79 Å². The third-order valence-corrected chi connectivity index (χ3v) is 4.50. The molecule has 1 fully saturated rings. The minimum atomic E-state index is -0.152. The van der Waals surface area contributed by atoms with E-state index < -0.39 is 0 Å². The maximum absolute atomic E-state index is 11.7. The molecule has 0 aromatic carbocycles. The molecule has 0 saturated heterocycles. The van der Waals surface area contributed by atoms with Crippen LogP contribution in [0.25, 0.3) is 0 Å². The third kappa shape index (κ3) is 7.27. The molecule has 0 unspecified atom stereocenters. The molecular formula is C14H27NO2S. The Morgan fingerprint density at radius 3 is 2.44 bits per heavy atom. The van der Waals surface area contributed by atoms with E-state index in [1.807, 2.05) is 11.8 Å². The number of hydrogen-bond acceptors (Lipinski definition) is 3. The Morgan fingerprint density at radius 1 is 1.28 bits per heavy atom. The van der Waals surface area contributed by atoms with Gasteiger partial charge in [0.2, 0.25) is 5.91 Å². The van der Waals surface area contributed by atoms with Gasteiger partial charge in [0.25, 0.3) is 0 Å². The second-order valence-corrected chi connectivity index (χ2v) is 8.06. The number of aliphatic hydroxyl groups is 1. The molecule has 0 aromatic rings. The van der Waals surface area contributed by atoms with Crippen LogP contribution in [0.2, 0.25) is 0 Å². The molecule has 1 rings (SSSR count). The molecule has 1 saturated carbocycles. The molecule has 18 heavy (non-hydrogen) atoms. The molecule has 1 aliphatic carbocycles. The summed E-state index contributed by atoms with van der Waals surface area (Å²) in [7, 11) is 0. The van der Waals surface area contributed by atoms with Gasteiger partial charge >= 0.3 is 0 Å². The zero-order valence-electron chi connectivity index (χ0n) is 11.9. The fourth-order valence-corrected chi connectivity index (χ4v) is 3.03. The second-order valence-electron chi connectivity index (χ2n) is 6.14. The van der Waals surface area contributed by atoms with Crippen molar-refractivity contribution in [1.29, 1.82) is 0 Å². The average molecular weight is 273 g/mol. The number of amides is 1. The van der Waals surface area contributed by atoms with Crippen LogP contribution < -0.4 is 5.32 Å². The number of thioether (sulfide) groups is 1. The van der Waals surface area contributed by atoms with Crippen molar-refractivity contribution >= 4 is 17.7 Å². The van der Waals surface area contributed by atoms with E-state index >= 15 is 0 Å². The van der Waals surface area contributed by atoms with Crippen molar-refractivity contribution in [3.05, 3.63) is 0 Å². The summed E-state index contributed by atoms with van der Waals surface area (Å²) in [5.41, 5.74) is 0. The standard InChI is InChI=1S/C14H27NO2S/c1-14(2,3)18-10-4-5-13(17)15-11-6-8-12(16)9-7-11/h11-12,16H,4-10H2,1-3H3,(H,15,17). The number of hydrogen-bond donors (Lipinski definition) is 2. The number of carbonyl (C=O) groups is 1. The van der Waals surface area contributed by atoms with Crippen LogP contribution in [0.5, 0.6) is 0 Å². The Kier molecular flexibility index (Phi) is 6.50. The van der Waals surface area contributed by atoms with Crippen molar-refractivity contribution in [3.63, 3.8) is 0 Å². The minimum Gasteiger partial charge on any atom is -0.393 e. The predicted octanol–water partition coefficient (Wildman–Crippen LogP) is 2.72. The molecular weight excluding hydrogens is 246 g/mol. The van der Waals surface area contributed by atoms with Crippen LogP contribution in [0.15, 0.2) is 0 Å². The van der Waals surface area contributed by atoms with Crippen molar-refractivity contribution in [2.24, 2.45) is 0 Å². The summed E-state index contributed by atoms with van der Waals surface area (Å²) in [5.74, 6) is 1.21. The van der Waals surface area contributed by atoms with Crippen LogP contribution >= 0.6 is 11.8 Å². The van der Waals surface area contributed by atoms with E-state index in [9.17, 15) is 9.90 Å². The normalized spacial score (nSPS) is 24.9. The van der Waals surface area contributed by atoms with E-state index in [1.165, 1.54) is 0 Å². The van der Waals surface area contributed by atoms with Gasteiger partial charge in [-0.3, -0.25) is 4.79 Å². The second kappa shape index (κ2) is 7.39. The lowest BCUT2D eigenvalue weighted by Gasteiger charge is -2.26. The van der Waals surface area contributed by atoms with Crippen LogP contribution in [-0.4, -0.2) is 33.7 Å². The highest BCUT2D eigenvalue weighted by atomic mass is 32.2. The lowest BCUT2D eigenvalue weighted by molar-refractivity contribution is -0.122. The zero-order chi connectivity index (χ0) is 13.6. The lowest BCUT2D eigenvalue weighted by atomic mass is 9.93. The van der Waals surface area contributed by atoms with Crippen molar-refractivity contribution in [2.75, 3.05) is 5.75 Å². The summed E-state index contributed by atoms with van der Waals surface area (Å²) in [6.07, 6.45) is 4.91. The fraction of sp³-hybridized carbons (Fsp3) is 0.929. The molecule has 2 N–H and O–H groups in total. The summed E-state index contributed by atoms with van der Waals surface area (Å²) in [6.45, 7) is 6.60. The largest absolute Gasteiger partial charge is 0.393 e. The molecule has 0 atom stereocenters. The SMILES string of the molecule is CC(C)(C)SCCCC(=O)NC1CCC(O)CC1. The summed E-state index contributed by atoms with van der Waals surface area (Å²) < 4.78 is 0.288. The van der Waals surface area contributed by atoms with Crippen molar-refractivity contribution in [1.82, 2.24) is 5.32 Å². The molecule has 0 bridgehead atoms. The Hall–Kier alpha value is -0.220. The number of rotatable bonds is 5. The quantitative estimate of drug-likeness (QED) is 0.757. The maximum atomic E-state index is 11.7. The first kappa shape index (κ1) is 15.8. The van der Waals surface area contributed by atoms with Crippen LogP contribution in [0.4, 0.5) is 0 Å². The zero-order valence-corrected chi connectivity index (χ0v) is 12.7. The first-order chi connectivity index (χ1) is 8.37. The number of nitrogens with one attached hydrogen (secondary N) is 1. The first-order valence-corrected chi connectivity index (χ1v) is 7.97. The van der Waals surface area contributed by atoms with E-state index in [2.05, 4.69) is 26.1 Å². The maximum Gasteiger partial charge on any atom is 0.220 e. The van der Waals surface area contributed by atoms with Gasteiger partial charge < -0.3 is 10.4 Å². The molecule has 0 radical (unpaired) electrons. The van der Waals surface area contributed by atoms with Crippen LogP contribution in [0.1, 0.15) is 59.3 Å². The molecule has 0 spiro atoms. The van der Waals surface area contributed by atoms with Gasteiger partial charge in [-0.05, 0) is 37.9 Å². The summed E-state index contributed by atoms with van der Waals surface area (Å²) in [4.78, 5) is 11.7. The summed E-state index contributed by atoms with van der Waals surface area (Å²) in [5, 5.41) is 12.5. The molecule has 3 nitrogen and oxygen atoms in total. The molecule has 0 aromatic heterocycles. The van der Waals surface area contributed by atoms with Crippen LogP contribution in [0, 0.1) is 0 Å².